The molecule has 8 aromatic carbocycles. The summed E-state index contributed by atoms with van der Waals surface area (Å²) in [7, 11) is 0. The Hall–Kier alpha value is -7.04. The molecule has 0 aliphatic heterocycles. The maximum absolute atomic E-state index is 6.72. The summed E-state index contributed by atoms with van der Waals surface area (Å²) >= 11 is 0. The number of para-hydroxylation sites is 4. The lowest BCUT2D eigenvalue weighted by molar-refractivity contribution is 0.669. The maximum atomic E-state index is 6.72. The van der Waals surface area contributed by atoms with Crippen molar-refractivity contribution in [1.29, 1.82) is 0 Å². The van der Waals surface area contributed by atoms with Crippen LogP contribution in [0.2, 0.25) is 0 Å². The summed E-state index contributed by atoms with van der Waals surface area (Å²) in [5, 5.41) is 9.22. The first-order valence-electron chi connectivity index (χ1n) is 17.7. The summed E-state index contributed by atoms with van der Waals surface area (Å²) in [4.78, 5) is 0. The van der Waals surface area contributed by atoms with Crippen LogP contribution in [0.25, 0.3) is 110 Å². The van der Waals surface area contributed by atoms with Gasteiger partial charge in [0.1, 0.15) is 22.3 Å². The average Bonchev–Trinajstić information content (AvgIpc) is 3.95. The van der Waals surface area contributed by atoms with Crippen molar-refractivity contribution in [3.63, 3.8) is 0 Å². The summed E-state index contributed by atoms with van der Waals surface area (Å²) in [6.45, 7) is 0. The molecule has 4 nitrogen and oxygen atoms in total. The molecule has 0 saturated carbocycles. The lowest BCUT2D eigenvalue weighted by Gasteiger charge is -2.10. The van der Waals surface area contributed by atoms with Gasteiger partial charge in [0.25, 0.3) is 0 Å². The number of nitrogens with zero attached hydrogens (tertiary/aromatic N) is 2. The molecule has 0 saturated heterocycles. The Morgan fingerprint density at radius 2 is 0.885 bits per heavy atom. The zero-order valence-electron chi connectivity index (χ0n) is 27.9. The number of benzene rings is 8. The Morgan fingerprint density at radius 1 is 0.308 bits per heavy atom. The van der Waals surface area contributed by atoms with Gasteiger partial charge in [-0.1, -0.05) is 84.9 Å². The molecule has 0 unspecified atom stereocenters. The van der Waals surface area contributed by atoms with Gasteiger partial charge in [0.15, 0.2) is 0 Å². The fraction of sp³-hybridized carbons (Fsp3) is 0. The highest BCUT2D eigenvalue weighted by Gasteiger charge is 2.21. The first-order chi connectivity index (χ1) is 25.8. The minimum absolute atomic E-state index is 0.898. The molecule has 0 aliphatic rings. The number of hydrogen-bond donors (Lipinski definition) is 0. The summed E-state index contributed by atoms with van der Waals surface area (Å²) in [5.41, 5.74) is 12.8. The van der Waals surface area contributed by atoms with Crippen LogP contribution in [-0.2, 0) is 0 Å². The monoisotopic (exact) mass is 664 g/mol. The minimum Gasteiger partial charge on any atom is -0.456 e. The molecule has 12 aromatic rings. The lowest BCUT2D eigenvalue weighted by Crippen LogP contribution is -1.95. The van der Waals surface area contributed by atoms with E-state index >= 15 is 0 Å². The van der Waals surface area contributed by atoms with E-state index in [9.17, 15) is 0 Å². The van der Waals surface area contributed by atoms with E-state index in [1.807, 2.05) is 18.2 Å². The van der Waals surface area contributed by atoms with Crippen molar-refractivity contribution in [2.45, 2.75) is 0 Å². The molecule has 0 bridgehead atoms. The summed E-state index contributed by atoms with van der Waals surface area (Å²) in [6, 6.07) is 60.7. The smallest absolute Gasteiger partial charge is 0.145 e. The van der Waals surface area contributed by atoms with Gasteiger partial charge in [-0.3, -0.25) is 0 Å². The zero-order valence-corrected chi connectivity index (χ0v) is 27.9. The molecule has 0 fully saturated rings. The quantitative estimate of drug-likeness (QED) is 0.188. The highest BCUT2D eigenvalue weighted by atomic mass is 16.3. The first kappa shape index (κ1) is 27.7. The topological polar surface area (TPSA) is 36.1 Å². The van der Waals surface area contributed by atoms with Crippen molar-refractivity contribution in [1.82, 2.24) is 9.13 Å². The van der Waals surface area contributed by atoms with E-state index in [4.69, 9.17) is 8.83 Å². The molecule has 0 spiro atoms. The van der Waals surface area contributed by atoms with E-state index in [2.05, 4.69) is 161 Å². The second-order valence-electron chi connectivity index (χ2n) is 13.7. The van der Waals surface area contributed by atoms with Gasteiger partial charge < -0.3 is 18.0 Å². The van der Waals surface area contributed by atoms with Gasteiger partial charge in [-0.2, -0.15) is 0 Å². The van der Waals surface area contributed by atoms with Crippen LogP contribution < -0.4 is 0 Å². The van der Waals surface area contributed by atoms with Crippen LogP contribution in [0.5, 0.6) is 0 Å². The molecule has 4 heterocycles. The predicted molar refractivity (Wildman–Crippen MR) is 215 cm³/mol. The van der Waals surface area contributed by atoms with Gasteiger partial charge >= 0.3 is 0 Å². The van der Waals surface area contributed by atoms with E-state index in [0.29, 0.717) is 0 Å². The average molecular weight is 665 g/mol. The zero-order chi connectivity index (χ0) is 33.9. The van der Waals surface area contributed by atoms with E-state index < -0.39 is 0 Å². The maximum Gasteiger partial charge on any atom is 0.145 e. The molecule has 0 aliphatic carbocycles. The van der Waals surface area contributed by atoms with Gasteiger partial charge in [-0.15, -0.1) is 0 Å². The van der Waals surface area contributed by atoms with Gasteiger partial charge in [0, 0.05) is 49.1 Å². The Kier molecular flexibility index (Phi) is 5.47. The molecule has 0 N–H and O–H groups in total. The molecular formula is C48H28N2O2. The number of furan rings is 2. The number of hydrogen-bond acceptors (Lipinski definition) is 2. The molecule has 12 rings (SSSR count). The van der Waals surface area contributed by atoms with Crippen LogP contribution >= 0.6 is 0 Å². The standard InChI is InChI=1S/C48H28N2O2/c1-2-10-31(11-3-1)49-40-15-7-4-12-33(40)37-28-32(20-23-41(37)49)50-42-22-18-29(30-19-25-46-38(26-30)35-14-6-8-16-44(35)51-46)27-39(42)47-43(50)24-21-36-34-13-5-9-17-45(34)52-48(36)47/h1-28H. The normalized spacial score (nSPS) is 12.2. The van der Waals surface area contributed by atoms with Crippen LogP contribution in [0.3, 0.4) is 0 Å². The predicted octanol–water partition coefficient (Wildman–Crippen LogP) is 13.3. The van der Waals surface area contributed by atoms with Crippen LogP contribution in [0, 0.1) is 0 Å². The number of aromatic nitrogens is 2. The molecule has 4 aromatic heterocycles. The molecule has 0 radical (unpaired) electrons. The molecule has 0 atom stereocenters. The SMILES string of the molecule is c1ccc(-n2c3ccccc3c3cc(-n4c5ccc(-c6ccc7oc8ccccc8c7c6)cc5c5c6oc7ccccc7c6ccc54)ccc32)cc1. The highest BCUT2D eigenvalue weighted by Crippen LogP contribution is 2.43. The van der Waals surface area contributed by atoms with Crippen LogP contribution in [0.4, 0.5) is 0 Å². The van der Waals surface area contributed by atoms with Gasteiger partial charge in [0.2, 0.25) is 0 Å². The first-order valence-corrected chi connectivity index (χ1v) is 17.7. The second-order valence-corrected chi connectivity index (χ2v) is 13.7. The summed E-state index contributed by atoms with van der Waals surface area (Å²) in [6.07, 6.45) is 0. The Balaban J connectivity index is 1.15. The van der Waals surface area contributed by atoms with Crippen molar-refractivity contribution >= 4 is 87.5 Å². The number of fused-ring (bicyclic) bond motifs is 13. The fourth-order valence-corrected chi connectivity index (χ4v) is 8.60. The third-order valence-corrected chi connectivity index (χ3v) is 10.9. The van der Waals surface area contributed by atoms with E-state index in [0.717, 1.165) is 88.2 Å². The van der Waals surface area contributed by atoms with Gasteiger partial charge in [0.05, 0.1) is 27.5 Å². The third kappa shape index (κ3) is 3.75. The van der Waals surface area contributed by atoms with Crippen molar-refractivity contribution in [3.05, 3.63) is 170 Å². The molecular weight excluding hydrogens is 637 g/mol. The largest absolute Gasteiger partial charge is 0.456 e. The van der Waals surface area contributed by atoms with Crippen LogP contribution in [0.15, 0.2) is 179 Å². The van der Waals surface area contributed by atoms with Gasteiger partial charge in [-0.25, -0.2) is 0 Å². The molecule has 242 valence electrons. The molecule has 4 heteroatoms. The minimum atomic E-state index is 0.898. The second kappa shape index (κ2) is 10.3. The Morgan fingerprint density at radius 3 is 1.73 bits per heavy atom. The number of rotatable bonds is 3. The lowest BCUT2D eigenvalue weighted by atomic mass is 10.00. The van der Waals surface area contributed by atoms with Crippen molar-refractivity contribution < 1.29 is 8.83 Å². The van der Waals surface area contributed by atoms with E-state index in [1.165, 1.54) is 21.8 Å². The van der Waals surface area contributed by atoms with E-state index in [1.54, 1.807) is 0 Å². The summed E-state index contributed by atoms with van der Waals surface area (Å²) in [5.74, 6) is 0. The Bertz CT molecular complexity index is 3410. The van der Waals surface area contributed by atoms with Crippen molar-refractivity contribution in [2.24, 2.45) is 0 Å². The fourth-order valence-electron chi connectivity index (χ4n) is 8.60. The van der Waals surface area contributed by atoms with Crippen molar-refractivity contribution in [3.8, 4) is 22.5 Å². The highest BCUT2D eigenvalue weighted by molar-refractivity contribution is 6.24. The molecule has 0 amide bonds. The summed E-state index contributed by atoms with van der Waals surface area (Å²) < 4.78 is 17.7. The van der Waals surface area contributed by atoms with Crippen LogP contribution in [-0.4, -0.2) is 9.13 Å². The third-order valence-electron chi connectivity index (χ3n) is 10.9. The molecule has 52 heavy (non-hydrogen) atoms. The van der Waals surface area contributed by atoms with Gasteiger partial charge in [-0.05, 0) is 96.1 Å². The van der Waals surface area contributed by atoms with E-state index in [-0.39, 0.29) is 0 Å². The van der Waals surface area contributed by atoms with Crippen molar-refractivity contribution in [2.75, 3.05) is 0 Å². The Labute approximate surface area is 296 Å². The van der Waals surface area contributed by atoms with Crippen LogP contribution in [0.1, 0.15) is 0 Å².